The summed E-state index contributed by atoms with van der Waals surface area (Å²) in [7, 11) is 2.20. The van der Waals surface area contributed by atoms with Crippen LogP contribution in [0.15, 0.2) is 34.9 Å². The molecule has 1 atom stereocenters. The third-order valence-electron chi connectivity index (χ3n) is 4.49. The normalized spacial score (nSPS) is 18.5. The van der Waals surface area contributed by atoms with Gasteiger partial charge in [-0.15, -0.1) is 0 Å². The van der Waals surface area contributed by atoms with Crippen LogP contribution in [-0.2, 0) is 0 Å². The van der Waals surface area contributed by atoms with Gasteiger partial charge in [-0.1, -0.05) is 31.0 Å². The molecular weight excluding hydrogens is 236 g/mol. The van der Waals surface area contributed by atoms with Gasteiger partial charge in [-0.3, -0.25) is 4.90 Å². The molecule has 3 heteroatoms. The zero-order valence-corrected chi connectivity index (χ0v) is 11.5. The number of para-hydroxylation sites is 1. The van der Waals surface area contributed by atoms with Crippen molar-refractivity contribution in [2.45, 2.75) is 37.8 Å². The smallest absolute Gasteiger partial charge is 0.134 e. The predicted molar refractivity (Wildman–Crippen MR) is 78.0 cm³/mol. The van der Waals surface area contributed by atoms with Gasteiger partial charge < -0.3 is 10.2 Å². The maximum absolute atomic E-state index is 6.04. The van der Waals surface area contributed by atoms with Gasteiger partial charge in [-0.05, 0) is 26.0 Å². The van der Waals surface area contributed by atoms with Crippen LogP contribution in [0.4, 0.5) is 0 Å². The van der Waals surface area contributed by atoms with Crippen LogP contribution in [0, 0.1) is 0 Å². The summed E-state index contributed by atoms with van der Waals surface area (Å²) in [5.41, 5.74) is 8.22. The molecule has 0 aliphatic heterocycles. The Morgan fingerprint density at radius 3 is 2.79 bits per heavy atom. The Morgan fingerprint density at radius 1 is 1.32 bits per heavy atom. The fourth-order valence-corrected chi connectivity index (χ4v) is 3.34. The monoisotopic (exact) mass is 258 g/mol. The Kier molecular flexibility index (Phi) is 3.58. The van der Waals surface area contributed by atoms with Gasteiger partial charge in [0.15, 0.2) is 0 Å². The van der Waals surface area contributed by atoms with E-state index in [0.717, 1.165) is 5.58 Å². The van der Waals surface area contributed by atoms with Crippen molar-refractivity contribution < 1.29 is 4.42 Å². The molecule has 2 aromatic rings. The number of hydrogen-bond acceptors (Lipinski definition) is 3. The van der Waals surface area contributed by atoms with Gasteiger partial charge in [-0.2, -0.15) is 0 Å². The van der Waals surface area contributed by atoms with Crippen molar-refractivity contribution in [3.63, 3.8) is 0 Å². The Labute approximate surface area is 114 Å². The predicted octanol–water partition coefficient (Wildman–Crippen LogP) is 3.31. The first-order chi connectivity index (χ1) is 9.31. The van der Waals surface area contributed by atoms with Crippen LogP contribution in [0.2, 0.25) is 0 Å². The maximum atomic E-state index is 6.04. The number of fused-ring (bicyclic) bond motifs is 1. The van der Waals surface area contributed by atoms with Gasteiger partial charge in [0.25, 0.3) is 0 Å². The van der Waals surface area contributed by atoms with Gasteiger partial charge in [0, 0.05) is 23.5 Å². The summed E-state index contributed by atoms with van der Waals surface area (Å²) in [6, 6.07) is 9.13. The van der Waals surface area contributed by atoms with Crippen molar-refractivity contribution in [1.29, 1.82) is 0 Å². The molecule has 1 aromatic carbocycles. The average Bonchev–Trinajstić information content (AvgIpc) is 3.09. The fourth-order valence-electron chi connectivity index (χ4n) is 3.34. The number of furan rings is 1. The highest BCUT2D eigenvalue weighted by Crippen LogP contribution is 2.33. The molecule has 3 nitrogen and oxygen atoms in total. The van der Waals surface area contributed by atoms with E-state index in [1.807, 2.05) is 18.4 Å². The molecule has 19 heavy (non-hydrogen) atoms. The number of nitrogens with zero attached hydrogens (tertiary/aromatic N) is 1. The summed E-state index contributed by atoms with van der Waals surface area (Å²) in [6.07, 6.45) is 7.16. The number of likely N-dealkylation sites (N-methyl/N-ethyl adjacent to an activating group) is 1. The molecule has 0 saturated heterocycles. The lowest BCUT2D eigenvalue weighted by molar-refractivity contribution is 0.179. The fraction of sp³-hybridized carbons (Fsp3) is 0.500. The summed E-state index contributed by atoms with van der Waals surface area (Å²) in [6.45, 7) is 0.635. The van der Waals surface area contributed by atoms with Crippen molar-refractivity contribution in [1.82, 2.24) is 4.90 Å². The molecule has 102 valence electrons. The van der Waals surface area contributed by atoms with Gasteiger partial charge in [-0.25, -0.2) is 0 Å². The topological polar surface area (TPSA) is 42.4 Å². The number of hydrogen-bond donors (Lipinski definition) is 1. The molecular formula is C16H22N2O. The van der Waals surface area contributed by atoms with Crippen LogP contribution in [0.1, 0.15) is 37.3 Å². The largest absolute Gasteiger partial charge is 0.464 e. The third-order valence-corrected chi connectivity index (χ3v) is 4.49. The Bertz CT molecular complexity index is 542. The zero-order valence-electron chi connectivity index (χ0n) is 11.5. The number of benzene rings is 1. The summed E-state index contributed by atoms with van der Waals surface area (Å²) in [4.78, 5) is 2.45. The molecule has 0 spiro atoms. The van der Waals surface area contributed by atoms with E-state index in [4.69, 9.17) is 10.2 Å². The average molecular weight is 258 g/mol. The standard InChI is InChI=1S/C16H22N2O/c1-18(12-6-2-3-7-12)15(10-17)14-11-19-16-9-5-4-8-13(14)16/h4-5,8-9,11-12,15H,2-3,6-7,10,17H2,1H3. The lowest BCUT2D eigenvalue weighted by atomic mass is 10.0. The second-order valence-electron chi connectivity index (χ2n) is 5.54. The quantitative estimate of drug-likeness (QED) is 0.915. The highest BCUT2D eigenvalue weighted by molar-refractivity contribution is 5.81. The molecule has 1 fully saturated rings. The SMILES string of the molecule is CN(C1CCCC1)C(CN)c1coc2ccccc12. The molecule has 1 heterocycles. The van der Waals surface area contributed by atoms with Crippen LogP contribution in [0.25, 0.3) is 11.0 Å². The van der Waals surface area contributed by atoms with Crippen LogP contribution in [-0.4, -0.2) is 24.5 Å². The molecule has 1 saturated carbocycles. The van der Waals surface area contributed by atoms with E-state index in [2.05, 4.69) is 24.1 Å². The molecule has 3 rings (SSSR count). The van der Waals surface area contributed by atoms with Gasteiger partial charge >= 0.3 is 0 Å². The lowest BCUT2D eigenvalue weighted by Gasteiger charge is -2.32. The number of nitrogens with two attached hydrogens (primary N) is 1. The minimum absolute atomic E-state index is 0.256. The van der Waals surface area contributed by atoms with Crippen LogP contribution in [0.3, 0.4) is 0 Å². The van der Waals surface area contributed by atoms with Crippen LogP contribution in [0.5, 0.6) is 0 Å². The van der Waals surface area contributed by atoms with Gasteiger partial charge in [0.05, 0.1) is 12.3 Å². The van der Waals surface area contributed by atoms with Crippen molar-refractivity contribution in [2.24, 2.45) is 5.73 Å². The first-order valence-electron chi connectivity index (χ1n) is 7.19. The Hall–Kier alpha value is -1.32. The van der Waals surface area contributed by atoms with Crippen molar-refractivity contribution in [2.75, 3.05) is 13.6 Å². The molecule has 1 aliphatic rings. The maximum Gasteiger partial charge on any atom is 0.134 e. The van der Waals surface area contributed by atoms with Crippen LogP contribution < -0.4 is 5.73 Å². The molecule has 1 aliphatic carbocycles. The van der Waals surface area contributed by atoms with E-state index >= 15 is 0 Å². The first kappa shape index (κ1) is 12.7. The summed E-state index contributed by atoms with van der Waals surface area (Å²) in [5.74, 6) is 0. The van der Waals surface area contributed by atoms with Crippen molar-refractivity contribution in [3.8, 4) is 0 Å². The van der Waals surface area contributed by atoms with E-state index in [1.54, 1.807) is 0 Å². The second-order valence-corrected chi connectivity index (χ2v) is 5.54. The van der Waals surface area contributed by atoms with E-state index in [1.165, 1.54) is 36.6 Å². The third kappa shape index (κ3) is 2.28. The second kappa shape index (κ2) is 5.35. The number of rotatable bonds is 4. The zero-order chi connectivity index (χ0) is 13.2. The summed E-state index contributed by atoms with van der Waals surface area (Å²) < 4.78 is 5.66. The van der Waals surface area contributed by atoms with E-state index in [0.29, 0.717) is 12.6 Å². The lowest BCUT2D eigenvalue weighted by Crippen LogP contribution is -2.37. The minimum Gasteiger partial charge on any atom is -0.464 e. The van der Waals surface area contributed by atoms with E-state index in [-0.39, 0.29) is 6.04 Å². The summed E-state index contributed by atoms with van der Waals surface area (Å²) in [5, 5.41) is 1.20. The van der Waals surface area contributed by atoms with Crippen molar-refractivity contribution in [3.05, 3.63) is 36.1 Å². The van der Waals surface area contributed by atoms with E-state index in [9.17, 15) is 0 Å². The highest BCUT2D eigenvalue weighted by Gasteiger charge is 2.27. The highest BCUT2D eigenvalue weighted by atomic mass is 16.3. The molecule has 2 N–H and O–H groups in total. The van der Waals surface area contributed by atoms with Crippen LogP contribution >= 0.6 is 0 Å². The van der Waals surface area contributed by atoms with Gasteiger partial charge in [0.2, 0.25) is 0 Å². The Morgan fingerprint density at radius 2 is 2.05 bits per heavy atom. The van der Waals surface area contributed by atoms with Crippen molar-refractivity contribution >= 4 is 11.0 Å². The molecule has 1 aromatic heterocycles. The molecule has 0 bridgehead atoms. The Balaban J connectivity index is 1.92. The van der Waals surface area contributed by atoms with E-state index < -0.39 is 0 Å². The molecule has 0 amide bonds. The molecule has 0 radical (unpaired) electrons. The first-order valence-corrected chi connectivity index (χ1v) is 7.19. The van der Waals surface area contributed by atoms with Gasteiger partial charge in [0.1, 0.15) is 5.58 Å². The minimum atomic E-state index is 0.256. The molecule has 1 unspecified atom stereocenters. The summed E-state index contributed by atoms with van der Waals surface area (Å²) >= 11 is 0.